The zero-order chi connectivity index (χ0) is 20.4. The molecule has 0 atom stereocenters. The molecule has 4 rings (SSSR count). The second-order valence-corrected chi connectivity index (χ2v) is 7.32. The van der Waals surface area contributed by atoms with E-state index in [2.05, 4.69) is 4.90 Å². The van der Waals surface area contributed by atoms with Crippen LogP contribution in [-0.2, 0) is 0 Å². The molecular weight excluding hydrogens is 373 g/mol. The Morgan fingerprint density at radius 2 is 1.79 bits per heavy atom. The average Bonchev–Trinajstić information content (AvgIpc) is 2.73. The zero-order valence-electron chi connectivity index (χ0n) is 16.1. The van der Waals surface area contributed by atoms with Crippen LogP contribution in [0.2, 0.25) is 0 Å². The van der Waals surface area contributed by atoms with Gasteiger partial charge < -0.3 is 14.7 Å². The lowest BCUT2D eigenvalue weighted by molar-refractivity contribution is 0.144. The second-order valence-electron chi connectivity index (χ2n) is 7.32. The van der Waals surface area contributed by atoms with Gasteiger partial charge in [0, 0.05) is 24.7 Å². The molecule has 1 fully saturated rings. The van der Waals surface area contributed by atoms with Crippen molar-refractivity contribution in [1.82, 2.24) is 9.97 Å². The predicted octanol–water partition coefficient (Wildman–Crippen LogP) is 5.26. The summed E-state index contributed by atoms with van der Waals surface area (Å²) in [5.41, 5.74) is 2.62. The molecule has 1 aliphatic carbocycles. The number of halogens is 1. The van der Waals surface area contributed by atoms with Crippen LogP contribution in [0.4, 0.5) is 15.0 Å². The van der Waals surface area contributed by atoms with Crippen molar-refractivity contribution in [2.45, 2.75) is 38.1 Å². The number of carbonyl (C=O) groups is 1. The van der Waals surface area contributed by atoms with E-state index >= 15 is 0 Å². The Kier molecular flexibility index (Phi) is 5.29. The van der Waals surface area contributed by atoms with Crippen molar-refractivity contribution in [3.63, 3.8) is 0 Å². The standard InChI is InChI=1S/C22H22FN3O3/c1-26(16-5-3-2-4-6-16)21-20(14-7-9-15(23)10-8-14)24-18-12-11-17(29-22(27)28)13-19(18)25-21/h7-13,16H,2-6H2,1H3,(H,27,28). The summed E-state index contributed by atoms with van der Waals surface area (Å²) < 4.78 is 18.2. The Morgan fingerprint density at radius 1 is 1.07 bits per heavy atom. The molecule has 0 aliphatic heterocycles. The van der Waals surface area contributed by atoms with E-state index in [0.29, 0.717) is 28.6 Å². The highest BCUT2D eigenvalue weighted by molar-refractivity contribution is 5.85. The minimum absolute atomic E-state index is 0.195. The number of nitrogens with zero attached hydrogens (tertiary/aromatic N) is 3. The summed E-state index contributed by atoms with van der Waals surface area (Å²) >= 11 is 0. The lowest BCUT2D eigenvalue weighted by atomic mass is 9.94. The number of anilines is 1. The first-order chi connectivity index (χ1) is 14.0. The first-order valence-electron chi connectivity index (χ1n) is 9.72. The van der Waals surface area contributed by atoms with Gasteiger partial charge in [0.05, 0.1) is 11.0 Å². The highest BCUT2D eigenvalue weighted by Crippen LogP contribution is 2.34. The zero-order valence-corrected chi connectivity index (χ0v) is 16.1. The van der Waals surface area contributed by atoms with E-state index in [0.717, 1.165) is 18.4 Å². The van der Waals surface area contributed by atoms with Gasteiger partial charge in [-0.05, 0) is 49.2 Å². The van der Waals surface area contributed by atoms with Crippen LogP contribution in [0.25, 0.3) is 22.3 Å². The quantitative estimate of drug-likeness (QED) is 0.480. The normalized spacial score (nSPS) is 14.7. The van der Waals surface area contributed by atoms with Crippen molar-refractivity contribution >= 4 is 23.0 Å². The van der Waals surface area contributed by atoms with Crippen LogP contribution in [0.5, 0.6) is 5.75 Å². The van der Waals surface area contributed by atoms with Gasteiger partial charge >= 0.3 is 6.16 Å². The van der Waals surface area contributed by atoms with Gasteiger partial charge in [0.2, 0.25) is 0 Å². The number of hydrogen-bond donors (Lipinski definition) is 1. The molecule has 1 saturated carbocycles. The molecule has 1 N–H and O–H groups in total. The molecule has 1 aromatic heterocycles. The van der Waals surface area contributed by atoms with E-state index in [1.165, 1.54) is 31.4 Å². The first kappa shape index (κ1) is 19.1. The van der Waals surface area contributed by atoms with Crippen LogP contribution in [0.1, 0.15) is 32.1 Å². The number of hydrogen-bond acceptors (Lipinski definition) is 5. The Balaban J connectivity index is 1.83. The Bertz CT molecular complexity index is 1030. The molecule has 6 nitrogen and oxygen atoms in total. The molecule has 150 valence electrons. The maximum atomic E-state index is 13.4. The summed E-state index contributed by atoms with van der Waals surface area (Å²) in [6, 6.07) is 11.4. The SMILES string of the molecule is CN(c1nc2cc(OC(=O)O)ccc2nc1-c1ccc(F)cc1)C1CCCCC1. The van der Waals surface area contributed by atoms with Crippen molar-refractivity contribution in [2.75, 3.05) is 11.9 Å². The number of benzene rings is 2. The predicted molar refractivity (Wildman–Crippen MR) is 109 cm³/mol. The Hall–Kier alpha value is -3.22. The fourth-order valence-corrected chi connectivity index (χ4v) is 3.88. The van der Waals surface area contributed by atoms with Crippen LogP contribution in [0, 0.1) is 5.82 Å². The number of fused-ring (bicyclic) bond motifs is 1. The summed E-state index contributed by atoms with van der Waals surface area (Å²) in [5.74, 6) is 0.587. The van der Waals surface area contributed by atoms with Crippen LogP contribution in [-0.4, -0.2) is 34.3 Å². The Morgan fingerprint density at radius 3 is 2.48 bits per heavy atom. The first-order valence-corrected chi connectivity index (χ1v) is 9.72. The minimum atomic E-state index is -1.38. The summed E-state index contributed by atoms with van der Waals surface area (Å²) in [6.45, 7) is 0. The highest BCUT2D eigenvalue weighted by Gasteiger charge is 2.23. The lowest BCUT2D eigenvalue weighted by Gasteiger charge is -2.33. The molecular formula is C22H22FN3O3. The third-order valence-electron chi connectivity index (χ3n) is 5.40. The third kappa shape index (κ3) is 4.13. The van der Waals surface area contributed by atoms with Gasteiger partial charge in [0.25, 0.3) is 0 Å². The molecule has 2 aromatic carbocycles. The van der Waals surface area contributed by atoms with E-state index in [9.17, 15) is 9.18 Å². The molecule has 0 spiro atoms. The van der Waals surface area contributed by atoms with Crippen LogP contribution in [0.15, 0.2) is 42.5 Å². The van der Waals surface area contributed by atoms with E-state index in [1.54, 1.807) is 30.3 Å². The largest absolute Gasteiger partial charge is 0.511 e. The highest BCUT2D eigenvalue weighted by atomic mass is 19.1. The summed E-state index contributed by atoms with van der Waals surface area (Å²) in [4.78, 5) is 22.6. The van der Waals surface area contributed by atoms with E-state index in [4.69, 9.17) is 19.8 Å². The van der Waals surface area contributed by atoms with Gasteiger partial charge in [-0.2, -0.15) is 0 Å². The molecule has 0 unspecified atom stereocenters. The topological polar surface area (TPSA) is 75.6 Å². The maximum absolute atomic E-state index is 13.4. The van der Waals surface area contributed by atoms with E-state index < -0.39 is 6.16 Å². The van der Waals surface area contributed by atoms with Crippen molar-refractivity contribution < 1.29 is 19.0 Å². The Labute approximate surface area is 168 Å². The molecule has 0 bridgehead atoms. The van der Waals surface area contributed by atoms with Crippen molar-refractivity contribution in [2.24, 2.45) is 0 Å². The summed E-state index contributed by atoms with van der Waals surface area (Å²) in [6.07, 6.45) is 4.40. The number of aromatic nitrogens is 2. The van der Waals surface area contributed by atoms with Crippen LogP contribution >= 0.6 is 0 Å². The van der Waals surface area contributed by atoms with Crippen molar-refractivity contribution in [1.29, 1.82) is 0 Å². The van der Waals surface area contributed by atoms with Crippen LogP contribution < -0.4 is 9.64 Å². The molecule has 0 amide bonds. The smallest absolute Gasteiger partial charge is 0.449 e. The van der Waals surface area contributed by atoms with Crippen LogP contribution in [0.3, 0.4) is 0 Å². The van der Waals surface area contributed by atoms with Gasteiger partial charge in [-0.15, -0.1) is 0 Å². The van der Waals surface area contributed by atoms with Crippen molar-refractivity contribution in [3.05, 3.63) is 48.3 Å². The molecule has 29 heavy (non-hydrogen) atoms. The fraction of sp³-hybridized carbons (Fsp3) is 0.318. The molecule has 1 aliphatic rings. The van der Waals surface area contributed by atoms with Gasteiger partial charge in [0.1, 0.15) is 17.3 Å². The van der Waals surface area contributed by atoms with E-state index in [1.807, 2.05) is 7.05 Å². The lowest BCUT2D eigenvalue weighted by Crippen LogP contribution is -2.34. The number of ether oxygens (including phenoxy) is 1. The third-order valence-corrected chi connectivity index (χ3v) is 5.40. The van der Waals surface area contributed by atoms with E-state index in [-0.39, 0.29) is 11.6 Å². The fourth-order valence-electron chi connectivity index (χ4n) is 3.88. The van der Waals surface area contributed by atoms with Crippen molar-refractivity contribution in [3.8, 4) is 17.0 Å². The second kappa shape index (κ2) is 8.03. The number of rotatable bonds is 4. The summed E-state index contributed by atoms with van der Waals surface area (Å²) in [7, 11) is 2.01. The maximum Gasteiger partial charge on any atom is 0.511 e. The van der Waals surface area contributed by atoms with Gasteiger partial charge in [-0.25, -0.2) is 19.2 Å². The molecule has 0 saturated heterocycles. The molecule has 3 aromatic rings. The molecule has 7 heteroatoms. The molecule has 0 radical (unpaired) electrons. The minimum Gasteiger partial charge on any atom is -0.449 e. The van der Waals surface area contributed by atoms with Gasteiger partial charge in [-0.3, -0.25) is 0 Å². The summed E-state index contributed by atoms with van der Waals surface area (Å²) in [5, 5.41) is 8.87. The molecule has 1 heterocycles. The van der Waals surface area contributed by atoms with Gasteiger partial charge in [0.15, 0.2) is 5.82 Å². The number of carboxylic acid groups (broad SMARTS) is 1. The van der Waals surface area contributed by atoms with Gasteiger partial charge in [-0.1, -0.05) is 19.3 Å². The monoisotopic (exact) mass is 395 g/mol. The average molecular weight is 395 g/mol.